The molecule has 0 fully saturated rings. The van der Waals surface area contributed by atoms with E-state index in [0.29, 0.717) is 5.56 Å². The first-order chi connectivity index (χ1) is 7.49. The van der Waals surface area contributed by atoms with Gasteiger partial charge in [0, 0.05) is 22.9 Å². The number of nitrogens with one attached hydrogen (secondary N) is 1. The minimum Gasteiger partial charge on any atom is -0.370 e. The van der Waals surface area contributed by atoms with E-state index in [9.17, 15) is 9.59 Å². The first-order valence-electron chi connectivity index (χ1n) is 4.87. The average Bonchev–Trinajstić information content (AvgIpc) is 2.16. The fourth-order valence-corrected chi connectivity index (χ4v) is 1.42. The predicted octanol–water partition coefficient (Wildman–Crippen LogP) is 0.969. The molecule has 5 heteroatoms. The first kappa shape index (κ1) is 12.6. The van der Waals surface area contributed by atoms with Gasteiger partial charge in [-0.3, -0.25) is 9.59 Å². The second-order valence-electron chi connectivity index (χ2n) is 3.59. The second-order valence-corrected chi connectivity index (χ2v) is 4.11. The number of thiol groups is 1. The van der Waals surface area contributed by atoms with E-state index in [1.165, 1.54) is 0 Å². The van der Waals surface area contributed by atoms with E-state index >= 15 is 0 Å². The summed E-state index contributed by atoms with van der Waals surface area (Å²) in [6, 6.07) is 6.55. The normalized spacial score (nSPS) is 11.9. The van der Waals surface area contributed by atoms with E-state index < -0.39 is 5.91 Å². The van der Waals surface area contributed by atoms with Crippen LogP contribution in [0.5, 0.6) is 0 Å². The molecule has 0 bridgehead atoms. The molecule has 2 amide bonds. The molecular formula is C11H14N2O2S. The Morgan fingerprint density at radius 2 is 1.94 bits per heavy atom. The molecule has 1 aromatic rings. The molecule has 0 aliphatic heterocycles. The molecule has 0 aliphatic rings. The smallest absolute Gasteiger partial charge is 0.251 e. The molecule has 1 aromatic carbocycles. The van der Waals surface area contributed by atoms with E-state index in [0.717, 1.165) is 4.90 Å². The van der Waals surface area contributed by atoms with Crippen molar-refractivity contribution in [1.82, 2.24) is 5.32 Å². The van der Waals surface area contributed by atoms with Crippen LogP contribution >= 0.6 is 12.6 Å². The Labute approximate surface area is 99.6 Å². The van der Waals surface area contributed by atoms with Gasteiger partial charge in [-0.15, -0.1) is 12.6 Å². The van der Waals surface area contributed by atoms with Gasteiger partial charge in [-0.1, -0.05) is 0 Å². The minimum absolute atomic E-state index is 0.135. The summed E-state index contributed by atoms with van der Waals surface area (Å²) in [5.41, 5.74) is 5.56. The molecule has 4 nitrogen and oxygen atoms in total. The number of amides is 2. The molecule has 1 atom stereocenters. The Bertz CT molecular complexity index is 389. The van der Waals surface area contributed by atoms with E-state index in [2.05, 4.69) is 17.9 Å². The van der Waals surface area contributed by atoms with E-state index in [-0.39, 0.29) is 18.4 Å². The lowest BCUT2D eigenvalue weighted by Crippen LogP contribution is -2.35. The van der Waals surface area contributed by atoms with Gasteiger partial charge in [-0.2, -0.15) is 0 Å². The SMILES string of the molecule is CC(CC(N)=O)NC(=O)c1ccc(S)cc1. The monoisotopic (exact) mass is 238 g/mol. The summed E-state index contributed by atoms with van der Waals surface area (Å²) in [7, 11) is 0. The Hall–Kier alpha value is -1.49. The van der Waals surface area contributed by atoms with Crippen LogP contribution in [0.15, 0.2) is 29.2 Å². The number of hydrogen-bond acceptors (Lipinski definition) is 3. The molecule has 0 aromatic heterocycles. The van der Waals surface area contributed by atoms with Crippen LogP contribution in [0.2, 0.25) is 0 Å². The van der Waals surface area contributed by atoms with Gasteiger partial charge in [0.25, 0.3) is 5.91 Å². The quantitative estimate of drug-likeness (QED) is 0.684. The highest BCUT2D eigenvalue weighted by molar-refractivity contribution is 7.80. The fourth-order valence-electron chi connectivity index (χ4n) is 1.27. The fraction of sp³-hybridized carbons (Fsp3) is 0.273. The molecule has 3 N–H and O–H groups in total. The van der Waals surface area contributed by atoms with Crippen molar-refractivity contribution in [2.75, 3.05) is 0 Å². The van der Waals surface area contributed by atoms with Gasteiger partial charge in [-0.05, 0) is 31.2 Å². The van der Waals surface area contributed by atoms with Crippen molar-refractivity contribution in [3.05, 3.63) is 29.8 Å². The molecule has 16 heavy (non-hydrogen) atoms. The number of carbonyl (C=O) groups is 2. The maximum atomic E-state index is 11.7. The van der Waals surface area contributed by atoms with E-state index in [4.69, 9.17) is 5.73 Å². The van der Waals surface area contributed by atoms with Crippen molar-refractivity contribution in [2.45, 2.75) is 24.3 Å². The van der Waals surface area contributed by atoms with Crippen LogP contribution < -0.4 is 11.1 Å². The molecule has 0 radical (unpaired) electrons. The van der Waals surface area contributed by atoms with Crippen LogP contribution in [-0.2, 0) is 4.79 Å². The standard InChI is InChI=1S/C11H14N2O2S/c1-7(6-10(12)14)13-11(15)8-2-4-9(16)5-3-8/h2-5,7,16H,6H2,1H3,(H2,12,14)(H,13,15). The van der Waals surface area contributed by atoms with Crippen LogP contribution in [0, 0.1) is 0 Å². The summed E-state index contributed by atoms with van der Waals surface area (Å²) < 4.78 is 0. The average molecular weight is 238 g/mol. The zero-order valence-electron chi connectivity index (χ0n) is 8.93. The minimum atomic E-state index is -0.432. The molecule has 0 saturated carbocycles. The Morgan fingerprint density at radius 1 is 1.38 bits per heavy atom. The number of carbonyl (C=O) groups excluding carboxylic acids is 2. The van der Waals surface area contributed by atoms with Gasteiger partial charge in [0.05, 0.1) is 0 Å². The predicted molar refractivity (Wildman–Crippen MR) is 64.4 cm³/mol. The summed E-state index contributed by atoms with van der Waals surface area (Å²) in [6.07, 6.45) is 0.135. The van der Waals surface area contributed by atoms with Crippen LogP contribution in [0.1, 0.15) is 23.7 Å². The van der Waals surface area contributed by atoms with Crippen molar-refractivity contribution in [1.29, 1.82) is 0 Å². The molecule has 1 unspecified atom stereocenters. The summed E-state index contributed by atoms with van der Waals surface area (Å²) in [6.45, 7) is 1.73. The molecule has 86 valence electrons. The summed E-state index contributed by atoms with van der Waals surface area (Å²) in [4.78, 5) is 23.1. The van der Waals surface area contributed by atoms with Crippen LogP contribution in [0.3, 0.4) is 0 Å². The van der Waals surface area contributed by atoms with Crippen molar-refractivity contribution >= 4 is 24.4 Å². The highest BCUT2D eigenvalue weighted by atomic mass is 32.1. The third-order valence-electron chi connectivity index (χ3n) is 2.01. The van der Waals surface area contributed by atoms with E-state index in [1.54, 1.807) is 31.2 Å². The zero-order chi connectivity index (χ0) is 12.1. The highest BCUT2D eigenvalue weighted by Gasteiger charge is 2.11. The van der Waals surface area contributed by atoms with Crippen LogP contribution in [-0.4, -0.2) is 17.9 Å². The van der Waals surface area contributed by atoms with Gasteiger partial charge < -0.3 is 11.1 Å². The van der Waals surface area contributed by atoms with Gasteiger partial charge in [0.1, 0.15) is 0 Å². The lowest BCUT2D eigenvalue weighted by Gasteiger charge is -2.11. The molecule has 0 heterocycles. The van der Waals surface area contributed by atoms with Gasteiger partial charge >= 0.3 is 0 Å². The highest BCUT2D eigenvalue weighted by Crippen LogP contribution is 2.07. The van der Waals surface area contributed by atoms with E-state index in [1.807, 2.05) is 0 Å². The molecule has 0 saturated heterocycles. The third-order valence-corrected chi connectivity index (χ3v) is 2.31. The van der Waals surface area contributed by atoms with Crippen molar-refractivity contribution in [2.24, 2.45) is 5.73 Å². The van der Waals surface area contributed by atoms with Crippen LogP contribution in [0.4, 0.5) is 0 Å². The number of benzene rings is 1. The van der Waals surface area contributed by atoms with Crippen LogP contribution in [0.25, 0.3) is 0 Å². The number of nitrogens with two attached hydrogens (primary N) is 1. The lowest BCUT2D eigenvalue weighted by molar-refractivity contribution is -0.118. The molecule has 1 rings (SSSR count). The second kappa shape index (κ2) is 5.55. The molecule has 0 spiro atoms. The van der Waals surface area contributed by atoms with Crippen molar-refractivity contribution in [3.8, 4) is 0 Å². The van der Waals surface area contributed by atoms with Gasteiger partial charge in [0.15, 0.2) is 0 Å². The zero-order valence-corrected chi connectivity index (χ0v) is 9.83. The first-order valence-corrected chi connectivity index (χ1v) is 5.32. The maximum Gasteiger partial charge on any atom is 0.251 e. The summed E-state index contributed by atoms with van der Waals surface area (Å²) in [5, 5.41) is 2.68. The summed E-state index contributed by atoms with van der Waals surface area (Å²) in [5.74, 6) is -0.652. The van der Waals surface area contributed by atoms with Gasteiger partial charge in [0.2, 0.25) is 5.91 Å². The largest absolute Gasteiger partial charge is 0.370 e. The number of hydrogen-bond donors (Lipinski definition) is 3. The Balaban J connectivity index is 2.58. The Morgan fingerprint density at radius 3 is 2.44 bits per heavy atom. The van der Waals surface area contributed by atoms with Crippen molar-refractivity contribution in [3.63, 3.8) is 0 Å². The number of primary amides is 1. The maximum absolute atomic E-state index is 11.7. The molecular weight excluding hydrogens is 224 g/mol. The number of rotatable bonds is 4. The third kappa shape index (κ3) is 3.94. The molecule has 0 aliphatic carbocycles. The van der Waals surface area contributed by atoms with Gasteiger partial charge in [-0.25, -0.2) is 0 Å². The lowest BCUT2D eigenvalue weighted by atomic mass is 10.2. The Kier molecular flexibility index (Phi) is 4.37. The van der Waals surface area contributed by atoms with Crippen molar-refractivity contribution < 1.29 is 9.59 Å². The summed E-state index contributed by atoms with van der Waals surface area (Å²) >= 11 is 4.12. The topological polar surface area (TPSA) is 72.2 Å².